The predicted octanol–water partition coefficient (Wildman–Crippen LogP) is 4.24. The number of carbonyl (C=O) groups is 2. The minimum Gasteiger partial charge on any atom is -0.475 e. The Morgan fingerprint density at radius 2 is 1.56 bits per heavy atom. The number of carboxylic acid groups (broad SMARTS) is 2. The van der Waals surface area contributed by atoms with Gasteiger partial charge in [-0.1, -0.05) is 19.9 Å². The van der Waals surface area contributed by atoms with Gasteiger partial charge in [-0.05, 0) is 55.7 Å². The van der Waals surface area contributed by atoms with Gasteiger partial charge in [0.25, 0.3) is 0 Å². The largest absolute Gasteiger partial charge is 0.490 e. The van der Waals surface area contributed by atoms with Gasteiger partial charge >= 0.3 is 24.3 Å². The first-order chi connectivity index (χ1) is 19.1. The first kappa shape index (κ1) is 33.7. The van der Waals surface area contributed by atoms with Crippen molar-refractivity contribution in [3.8, 4) is 11.5 Å². The van der Waals surface area contributed by atoms with Crippen molar-refractivity contribution in [2.24, 2.45) is 5.92 Å². The highest BCUT2D eigenvalue weighted by Crippen LogP contribution is 2.33. The lowest BCUT2D eigenvalue weighted by atomic mass is 10.0. The number of nitrogens with zero attached hydrogens (tertiary/aromatic N) is 4. The third kappa shape index (κ3) is 11.1. The zero-order chi connectivity index (χ0) is 30.8. The number of fused-ring (bicyclic) bond motifs is 2. The van der Waals surface area contributed by atoms with E-state index >= 15 is 0 Å². The average molecular weight is 599 g/mol. The molecule has 0 saturated carbocycles. The Morgan fingerprint density at radius 1 is 0.976 bits per heavy atom. The molecule has 2 N–H and O–H groups in total. The van der Waals surface area contributed by atoms with Gasteiger partial charge in [0.15, 0.2) is 11.5 Å². The molecule has 41 heavy (non-hydrogen) atoms. The molecule has 0 radical (unpaired) electrons. The Morgan fingerprint density at radius 3 is 2.12 bits per heavy atom. The molecule has 1 aromatic heterocycles. The molecule has 4 rings (SSSR count). The van der Waals surface area contributed by atoms with Crippen LogP contribution in [0.4, 0.5) is 26.3 Å². The molecular formula is C25H32F6N4O6. The summed E-state index contributed by atoms with van der Waals surface area (Å²) >= 11 is 0. The smallest absolute Gasteiger partial charge is 0.475 e. The molecule has 1 unspecified atom stereocenters. The maximum absolute atomic E-state index is 10.6. The van der Waals surface area contributed by atoms with Crippen molar-refractivity contribution in [2.75, 3.05) is 33.0 Å². The second-order valence-electron chi connectivity index (χ2n) is 9.15. The molecule has 0 spiro atoms. The fourth-order valence-electron chi connectivity index (χ4n) is 4.13. The fraction of sp³-hybridized carbons (Fsp3) is 0.560. The minimum absolute atomic E-state index is 0.328. The van der Waals surface area contributed by atoms with Gasteiger partial charge in [-0.25, -0.2) is 9.59 Å². The summed E-state index contributed by atoms with van der Waals surface area (Å²) in [7, 11) is 0. The zero-order valence-corrected chi connectivity index (χ0v) is 22.4. The molecule has 1 atom stereocenters. The molecule has 2 aliphatic heterocycles. The monoisotopic (exact) mass is 598 g/mol. The molecule has 10 nitrogen and oxygen atoms in total. The van der Waals surface area contributed by atoms with E-state index in [0.717, 1.165) is 57.3 Å². The van der Waals surface area contributed by atoms with Gasteiger partial charge in [0.1, 0.15) is 0 Å². The van der Waals surface area contributed by atoms with Gasteiger partial charge in [-0.2, -0.15) is 31.4 Å². The third-order valence-corrected chi connectivity index (χ3v) is 6.21. The summed E-state index contributed by atoms with van der Waals surface area (Å²) in [6.07, 6.45) is -7.03. The van der Waals surface area contributed by atoms with Crippen molar-refractivity contribution in [3.63, 3.8) is 0 Å². The molecule has 16 heteroatoms. The van der Waals surface area contributed by atoms with Crippen LogP contribution in [0.2, 0.25) is 0 Å². The van der Waals surface area contributed by atoms with Gasteiger partial charge in [0.05, 0.1) is 5.69 Å². The number of benzene rings is 1. The molecule has 2 aromatic rings. The summed E-state index contributed by atoms with van der Waals surface area (Å²) in [4.78, 5) is 22.8. The van der Waals surface area contributed by atoms with Crippen LogP contribution in [-0.4, -0.2) is 87.1 Å². The highest BCUT2D eigenvalue weighted by atomic mass is 19.4. The van der Waals surface area contributed by atoms with E-state index in [1.54, 1.807) is 0 Å². The van der Waals surface area contributed by atoms with E-state index in [9.17, 15) is 26.3 Å². The number of hydrogen-bond acceptors (Lipinski definition) is 7. The molecule has 1 aromatic carbocycles. The Kier molecular flexibility index (Phi) is 12.2. The van der Waals surface area contributed by atoms with Crippen LogP contribution in [-0.2, 0) is 29.2 Å². The summed E-state index contributed by atoms with van der Waals surface area (Å²) in [6, 6.07) is 8.45. The number of rotatable bonds is 7. The van der Waals surface area contributed by atoms with Crippen LogP contribution < -0.4 is 9.47 Å². The highest BCUT2D eigenvalue weighted by Gasteiger charge is 2.38. The predicted molar refractivity (Wildman–Crippen MR) is 132 cm³/mol. The summed E-state index contributed by atoms with van der Waals surface area (Å²) in [6.45, 7) is 12.2. The third-order valence-electron chi connectivity index (χ3n) is 6.21. The molecular weight excluding hydrogens is 566 g/mol. The first-order valence-electron chi connectivity index (χ1n) is 12.6. The maximum Gasteiger partial charge on any atom is 0.490 e. The van der Waals surface area contributed by atoms with Gasteiger partial charge in [-0.3, -0.25) is 9.58 Å². The quantitative estimate of drug-likeness (QED) is 0.452. The Hall–Kier alpha value is -3.53. The number of aliphatic carboxylic acids is 2. The van der Waals surface area contributed by atoms with E-state index in [4.69, 9.17) is 29.3 Å². The summed E-state index contributed by atoms with van der Waals surface area (Å²) in [5.41, 5.74) is 2.58. The van der Waals surface area contributed by atoms with Crippen LogP contribution in [0.3, 0.4) is 0 Å². The number of carboxylic acids is 2. The number of alkyl halides is 6. The summed E-state index contributed by atoms with van der Waals surface area (Å²) in [5.74, 6) is -3.18. The molecule has 0 saturated heterocycles. The van der Waals surface area contributed by atoms with Crippen molar-refractivity contribution in [1.29, 1.82) is 0 Å². The Labute approximate surface area is 232 Å². The second-order valence-corrected chi connectivity index (χ2v) is 9.15. The Balaban J connectivity index is 0.000000349. The van der Waals surface area contributed by atoms with Crippen LogP contribution in [0.15, 0.2) is 30.5 Å². The molecule has 230 valence electrons. The topological polar surface area (TPSA) is 117 Å². The molecule has 0 amide bonds. The van der Waals surface area contributed by atoms with E-state index in [0.29, 0.717) is 12.7 Å². The Bertz CT molecular complexity index is 1110. The van der Waals surface area contributed by atoms with Crippen molar-refractivity contribution in [2.45, 2.75) is 52.3 Å². The molecule has 3 heterocycles. The van der Waals surface area contributed by atoms with Crippen LogP contribution in [0.5, 0.6) is 11.5 Å². The highest BCUT2D eigenvalue weighted by molar-refractivity contribution is 5.73. The van der Waals surface area contributed by atoms with Crippen molar-refractivity contribution in [1.82, 2.24) is 19.6 Å². The lowest BCUT2D eigenvalue weighted by Crippen LogP contribution is -2.31. The minimum atomic E-state index is -5.08. The van der Waals surface area contributed by atoms with E-state index in [2.05, 4.69) is 51.6 Å². The molecule has 0 aliphatic carbocycles. The standard InChI is InChI=1S/C21H30N4O2.2C2HF3O2/c1-3-23(4-2)10-8-18-13-24(15-19-7-9-22-25(19)14-18)12-17-5-6-20-21(11-17)27-16-26-20;2*3-2(4,5)1(6)7/h5-7,9,11,18H,3-4,8,10,12-16H2,1-2H3;2*(H,6,7). The summed E-state index contributed by atoms with van der Waals surface area (Å²) in [5, 5.41) is 18.8. The lowest BCUT2D eigenvalue weighted by Gasteiger charge is -2.26. The average Bonchev–Trinajstić information content (AvgIpc) is 3.49. The van der Waals surface area contributed by atoms with Crippen molar-refractivity contribution in [3.05, 3.63) is 41.7 Å². The SMILES string of the molecule is CCN(CC)CCC1CN(Cc2ccc3c(c2)OCO3)Cc2ccnn2C1.O=C(O)C(F)(F)F.O=C(O)C(F)(F)F. The van der Waals surface area contributed by atoms with E-state index in [1.165, 1.54) is 17.7 Å². The summed E-state index contributed by atoms with van der Waals surface area (Å²) < 4.78 is 76.7. The van der Waals surface area contributed by atoms with Gasteiger partial charge < -0.3 is 24.6 Å². The van der Waals surface area contributed by atoms with E-state index in [-0.39, 0.29) is 0 Å². The number of halogens is 6. The molecule has 0 fully saturated rings. The molecule has 0 bridgehead atoms. The van der Waals surface area contributed by atoms with Crippen LogP contribution in [0.1, 0.15) is 31.5 Å². The normalized spacial score (nSPS) is 16.6. The van der Waals surface area contributed by atoms with Crippen LogP contribution in [0, 0.1) is 5.92 Å². The number of hydrogen-bond donors (Lipinski definition) is 2. The number of aromatic nitrogens is 2. The van der Waals surface area contributed by atoms with Crippen molar-refractivity contribution >= 4 is 11.9 Å². The van der Waals surface area contributed by atoms with E-state index in [1.807, 2.05) is 12.3 Å². The first-order valence-corrected chi connectivity index (χ1v) is 12.6. The van der Waals surface area contributed by atoms with Gasteiger partial charge in [-0.15, -0.1) is 0 Å². The van der Waals surface area contributed by atoms with E-state index < -0.39 is 24.3 Å². The fourth-order valence-corrected chi connectivity index (χ4v) is 4.13. The van der Waals surface area contributed by atoms with Crippen molar-refractivity contribution < 1.29 is 55.6 Å². The number of ether oxygens (including phenoxy) is 2. The lowest BCUT2D eigenvalue weighted by molar-refractivity contribution is -0.193. The molecule has 2 aliphatic rings. The van der Waals surface area contributed by atoms with Crippen LogP contribution >= 0.6 is 0 Å². The van der Waals surface area contributed by atoms with Gasteiger partial charge in [0, 0.05) is 32.4 Å². The van der Waals surface area contributed by atoms with Gasteiger partial charge in [0.2, 0.25) is 6.79 Å². The second kappa shape index (κ2) is 14.9. The van der Waals surface area contributed by atoms with Crippen LogP contribution in [0.25, 0.3) is 0 Å². The zero-order valence-electron chi connectivity index (χ0n) is 22.4. The maximum atomic E-state index is 10.6.